The summed E-state index contributed by atoms with van der Waals surface area (Å²) in [5.41, 5.74) is 3.43. The maximum absolute atomic E-state index is 12.8. The largest absolute Gasteiger partial charge is 0.393 e. The third-order valence-corrected chi connectivity index (χ3v) is 7.69. The van der Waals surface area contributed by atoms with Crippen molar-refractivity contribution in [3.63, 3.8) is 0 Å². The average Bonchev–Trinajstić information content (AvgIpc) is 3.60. The van der Waals surface area contributed by atoms with Gasteiger partial charge in [-0.15, -0.1) is 0 Å². The van der Waals surface area contributed by atoms with Gasteiger partial charge in [-0.1, -0.05) is 32.6 Å². The molecule has 0 radical (unpaired) electrons. The molecule has 5 rings (SSSR count). The van der Waals surface area contributed by atoms with E-state index >= 15 is 0 Å². The molecule has 4 N–H and O–H groups in total. The summed E-state index contributed by atoms with van der Waals surface area (Å²) in [6.07, 6.45) is 6.89. The van der Waals surface area contributed by atoms with Gasteiger partial charge >= 0.3 is 0 Å². The molecule has 2 aromatic heterocycles. The third-order valence-electron chi connectivity index (χ3n) is 7.69. The van der Waals surface area contributed by atoms with Crippen LogP contribution in [0.4, 0.5) is 17.6 Å². The van der Waals surface area contributed by atoms with Crippen molar-refractivity contribution >= 4 is 35.0 Å². The minimum absolute atomic E-state index is 0.0942. The number of hydrogen-bond acceptors (Lipinski definition) is 8. The predicted octanol–water partition coefficient (Wildman–Crippen LogP) is 3.55. The van der Waals surface area contributed by atoms with E-state index < -0.39 is 0 Å². The van der Waals surface area contributed by atoms with Crippen LogP contribution in [0.25, 0.3) is 5.65 Å². The summed E-state index contributed by atoms with van der Waals surface area (Å²) < 4.78 is 1.72. The summed E-state index contributed by atoms with van der Waals surface area (Å²) in [5, 5.41) is 24.5. The lowest BCUT2D eigenvalue weighted by Crippen LogP contribution is -2.30. The van der Waals surface area contributed by atoms with E-state index in [1.54, 1.807) is 9.42 Å². The summed E-state index contributed by atoms with van der Waals surface area (Å²) in [6, 6.07) is 7.78. The zero-order valence-electron chi connectivity index (χ0n) is 23.1. The molecule has 40 heavy (non-hydrogen) atoms. The second kappa shape index (κ2) is 12.0. The van der Waals surface area contributed by atoms with Crippen LogP contribution in [0.5, 0.6) is 0 Å². The summed E-state index contributed by atoms with van der Waals surface area (Å²) in [7, 11) is 0. The van der Waals surface area contributed by atoms with Crippen LogP contribution in [0.2, 0.25) is 0 Å². The lowest BCUT2D eigenvalue weighted by molar-refractivity contribution is -0.125. The number of carbonyl (C=O) groups excluding carboxylic acids is 2. The van der Waals surface area contributed by atoms with Gasteiger partial charge in [0.15, 0.2) is 5.65 Å². The first-order chi connectivity index (χ1) is 19.3. The molecule has 1 saturated carbocycles. The van der Waals surface area contributed by atoms with Crippen LogP contribution >= 0.6 is 0 Å². The lowest BCUT2D eigenvalue weighted by atomic mass is 9.93. The van der Waals surface area contributed by atoms with E-state index in [9.17, 15) is 14.7 Å². The number of amides is 2. The molecule has 11 heteroatoms. The van der Waals surface area contributed by atoms with E-state index in [-0.39, 0.29) is 35.8 Å². The van der Waals surface area contributed by atoms with E-state index in [0.717, 1.165) is 36.0 Å². The van der Waals surface area contributed by atoms with Crippen LogP contribution in [0, 0.1) is 5.92 Å². The highest BCUT2D eigenvalue weighted by Gasteiger charge is 2.30. The molecule has 1 aliphatic carbocycles. The first-order valence-electron chi connectivity index (χ1n) is 14.1. The van der Waals surface area contributed by atoms with Gasteiger partial charge in [-0.05, 0) is 61.8 Å². The van der Waals surface area contributed by atoms with Crippen LogP contribution in [0.1, 0.15) is 63.0 Å². The number of aliphatic hydroxyl groups is 1. The van der Waals surface area contributed by atoms with Gasteiger partial charge in [0.2, 0.25) is 23.7 Å². The average molecular weight is 547 g/mol. The number of aromatic nitrogens is 4. The maximum Gasteiger partial charge on any atom is 0.245 e. The van der Waals surface area contributed by atoms with Crippen LogP contribution in [0.3, 0.4) is 0 Å². The Kier molecular flexibility index (Phi) is 8.29. The molecular formula is C29H38N8O3. The van der Waals surface area contributed by atoms with Gasteiger partial charge in [0.1, 0.15) is 0 Å². The molecule has 212 valence electrons. The topological polar surface area (TPSA) is 137 Å². The van der Waals surface area contributed by atoms with Gasteiger partial charge in [0.05, 0.1) is 18.2 Å². The molecule has 3 heterocycles. The Balaban J connectivity index is 1.29. The highest BCUT2D eigenvalue weighted by molar-refractivity contribution is 5.94. The standard InChI is InChI=1S/C29H38N8O3/c1-4-25(39)36-12-11-20(17-36)27(40)32-21-8-5-7-19(13-21)15-30-29-35-28(33-22-9-6-10-23(38)14-22)34-26-24(18(2)3)16-31-37(26)29/h4-5,7-8,13,16,18,20,22-23,38H,1,6,9-12,14-15,17H2,2-3H3,(H,32,40)(H2,30,33,34,35)/t20?,22-,23-/m0/s1. The molecule has 0 spiro atoms. The molecule has 1 unspecified atom stereocenters. The van der Waals surface area contributed by atoms with Gasteiger partial charge in [-0.3, -0.25) is 9.59 Å². The monoisotopic (exact) mass is 546 g/mol. The summed E-state index contributed by atoms with van der Waals surface area (Å²) in [6.45, 7) is 9.16. The fourth-order valence-corrected chi connectivity index (χ4v) is 5.45. The number of fused-ring (bicyclic) bond motifs is 1. The van der Waals surface area contributed by atoms with Gasteiger partial charge < -0.3 is 26.0 Å². The minimum Gasteiger partial charge on any atom is -0.393 e. The van der Waals surface area contributed by atoms with E-state index in [1.165, 1.54) is 6.08 Å². The molecule has 2 fully saturated rings. The number of carbonyl (C=O) groups is 2. The van der Waals surface area contributed by atoms with Crippen LogP contribution < -0.4 is 16.0 Å². The Morgan fingerprint density at radius 3 is 2.85 bits per heavy atom. The quantitative estimate of drug-likeness (QED) is 0.299. The van der Waals surface area contributed by atoms with Gasteiger partial charge in [0.25, 0.3) is 0 Å². The number of likely N-dealkylation sites (tertiary alicyclic amines) is 1. The van der Waals surface area contributed by atoms with Crippen molar-refractivity contribution < 1.29 is 14.7 Å². The molecule has 2 amide bonds. The number of nitrogens with one attached hydrogen (secondary N) is 3. The molecule has 11 nitrogen and oxygen atoms in total. The van der Waals surface area contributed by atoms with Crippen molar-refractivity contribution in [1.29, 1.82) is 0 Å². The Morgan fingerprint density at radius 2 is 2.08 bits per heavy atom. The second-order valence-electron chi connectivity index (χ2n) is 11.0. The van der Waals surface area contributed by atoms with Crippen molar-refractivity contribution in [1.82, 2.24) is 24.5 Å². The SMILES string of the molecule is C=CC(=O)N1CCC(C(=O)Nc2cccc(CNc3nc(N[C@H]4CCC[C@H](O)C4)nc4c(C(C)C)cnn34)c2)C1. The van der Waals surface area contributed by atoms with E-state index in [0.29, 0.717) is 50.1 Å². The van der Waals surface area contributed by atoms with Crippen molar-refractivity contribution in [3.05, 3.63) is 54.2 Å². The molecule has 2 aliphatic rings. The fraction of sp³-hybridized carbons (Fsp3) is 0.483. The van der Waals surface area contributed by atoms with E-state index in [4.69, 9.17) is 9.97 Å². The van der Waals surface area contributed by atoms with Crippen molar-refractivity contribution in [2.75, 3.05) is 29.0 Å². The molecule has 3 atom stereocenters. The van der Waals surface area contributed by atoms with Gasteiger partial charge in [0, 0.05) is 36.9 Å². The first kappa shape index (κ1) is 27.6. The zero-order chi connectivity index (χ0) is 28.2. The molecule has 0 bridgehead atoms. The van der Waals surface area contributed by atoms with Crippen molar-refractivity contribution in [3.8, 4) is 0 Å². The van der Waals surface area contributed by atoms with Gasteiger partial charge in [-0.2, -0.15) is 19.6 Å². The van der Waals surface area contributed by atoms with E-state index in [2.05, 4.69) is 41.5 Å². The Labute approximate surface area is 234 Å². The molecule has 1 saturated heterocycles. The van der Waals surface area contributed by atoms with Crippen molar-refractivity contribution in [2.45, 2.75) is 70.6 Å². The number of benzene rings is 1. The van der Waals surface area contributed by atoms with Gasteiger partial charge in [-0.25, -0.2) is 0 Å². The second-order valence-corrected chi connectivity index (χ2v) is 11.0. The lowest BCUT2D eigenvalue weighted by Gasteiger charge is -2.26. The number of hydrogen-bond donors (Lipinski definition) is 4. The third kappa shape index (κ3) is 6.25. The van der Waals surface area contributed by atoms with Crippen LogP contribution in [0.15, 0.2) is 43.1 Å². The summed E-state index contributed by atoms with van der Waals surface area (Å²) in [4.78, 5) is 35.9. The number of rotatable bonds is 9. The summed E-state index contributed by atoms with van der Waals surface area (Å²) in [5.74, 6) is 0.831. The molecule has 3 aromatic rings. The fourth-order valence-electron chi connectivity index (χ4n) is 5.45. The minimum atomic E-state index is -0.302. The molecule has 1 aromatic carbocycles. The predicted molar refractivity (Wildman–Crippen MR) is 154 cm³/mol. The highest BCUT2D eigenvalue weighted by atomic mass is 16.3. The Morgan fingerprint density at radius 1 is 1.23 bits per heavy atom. The number of anilines is 3. The van der Waals surface area contributed by atoms with Crippen LogP contribution in [-0.2, 0) is 16.1 Å². The maximum atomic E-state index is 12.8. The molecule has 1 aliphatic heterocycles. The molecular weight excluding hydrogens is 508 g/mol. The first-order valence-corrected chi connectivity index (χ1v) is 14.1. The Bertz CT molecular complexity index is 1390. The van der Waals surface area contributed by atoms with Crippen LogP contribution in [-0.4, -0.2) is 66.6 Å². The summed E-state index contributed by atoms with van der Waals surface area (Å²) >= 11 is 0. The van der Waals surface area contributed by atoms with Crippen molar-refractivity contribution in [2.24, 2.45) is 5.92 Å². The smallest absolute Gasteiger partial charge is 0.245 e. The van der Waals surface area contributed by atoms with E-state index in [1.807, 2.05) is 30.5 Å². The number of nitrogens with zero attached hydrogens (tertiary/aromatic N) is 5. The normalized spacial score (nSPS) is 21.0. The number of aliphatic hydroxyl groups excluding tert-OH is 1. The zero-order valence-corrected chi connectivity index (χ0v) is 23.1. The highest BCUT2D eigenvalue weighted by Crippen LogP contribution is 2.25. The Hall–Kier alpha value is -3.99.